The molecule has 0 N–H and O–H groups in total. The third-order valence-electron chi connectivity index (χ3n) is 3.02. The molecule has 0 saturated carbocycles. The van der Waals surface area contributed by atoms with Gasteiger partial charge in [0.2, 0.25) is 5.88 Å². The van der Waals surface area contributed by atoms with Gasteiger partial charge in [0.05, 0.1) is 17.5 Å². The molecular weight excluding hydrogens is 258 g/mol. The Balaban J connectivity index is 2.89. The minimum absolute atomic E-state index is 0.0543. The minimum atomic E-state index is -0.0856. The van der Waals surface area contributed by atoms with Crippen molar-refractivity contribution in [3.63, 3.8) is 0 Å². The van der Waals surface area contributed by atoms with Crippen molar-refractivity contribution >= 4 is 21.7 Å². The van der Waals surface area contributed by atoms with Gasteiger partial charge in [-0.25, -0.2) is 4.98 Å². The van der Waals surface area contributed by atoms with E-state index in [1.165, 1.54) is 11.5 Å². The first-order valence-corrected chi connectivity index (χ1v) is 7.14. The summed E-state index contributed by atoms with van der Waals surface area (Å²) >= 11 is 1.42. The van der Waals surface area contributed by atoms with Crippen LogP contribution in [-0.4, -0.2) is 21.7 Å². The normalized spacial score (nSPS) is 13.0. The molecule has 104 valence electrons. The molecule has 0 aliphatic rings. The summed E-state index contributed by atoms with van der Waals surface area (Å²) in [6.45, 7) is 12.9. The maximum Gasteiger partial charge on any atom is 0.218 e. The van der Waals surface area contributed by atoms with E-state index >= 15 is 0 Å². The largest absolute Gasteiger partial charge is 0.481 e. The molecule has 0 aliphatic carbocycles. The third kappa shape index (κ3) is 2.43. The van der Waals surface area contributed by atoms with Gasteiger partial charge in [0.1, 0.15) is 5.52 Å². The number of pyridine rings is 1. The molecule has 0 aliphatic heterocycles. The van der Waals surface area contributed by atoms with E-state index in [1.54, 1.807) is 7.11 Å². The van der Waals surface area contributed by atoms with Crippen LogP contribution < -0.4 is 4.74 Å². The Bertz CT molecular complexity index is 605. The Hall–Kier alpha value is -1.23. The summed E-state index contributed by atoms with van der Waals surface area (Å²) in [4.78, 5) is 4.71. The van der Waals surface area contributed by atoms with Crippen LogP contribution in [0.15, 0.2) is 0 Å². The van der Waals surface area contributed by atoms with E-state index in [-0.39, 0.29) is 10.8 Å². The average Bonchev–Trinajstić information content (AvgIpc) is 2.71. The number of hydrogen-bond acceptors (Lipinski definition) is 5. The van der Waals surface area contributed by atoms with E-state index in [0.29, 0.717) is 5.88 Å². The Morgan fingerprint density at radius 1 is 1.00 bits per heavy atom. The smallest absolute Gasteiger partial charge is 0.218 e. The highest BCUT2D eigenvalue weighted by molar-refractivity contribution is 7.13. The molecule has 0 bridgehead atoms. The number of nitrogens with zero attached hydrogens (tertiary/aromatic N) is 3. The van der Waals surface area contributed by atoms with Gasteiger partial charge < -0.3 is 4.74 Å². The number of aromatic nitrogens is 3. The molecule has 2 heterocycles. The molecule has 2 aromatic rings. The van der Waals surface area contributed by atoms with Gasteiger partial charge >= 0.3 is 0 Å². The molecular formula is C14H21N3OS. The molecule has 0 aromatic carbocycles. The molecule has 4 nitrogen and oxygen atoms in total. The van der Waals surface area contributed by atoms with Crippen molar-refractivity contribution in [3.8, 4) is 5.88 Å². The van der Waals surface area contributed by atoms with E-state index in [1.807, 2.05) is 0 Å². The van der Waals surface area contributed by atoms with Crippen LogP contribution in [0.25, 0.3) is 10.2 Å². The van der Waals surface area contributed by atoms with Crippen LogP contribution in [-0.2, 0) is 10.8 Å². The van der Waals surface area contributed by atoms with Gasteiger partial charge in [-0.15, -0.1) is 5.10 Å². The second-order valence-corrected chi connectivity index (χ2v) is 7.55. The van der Waals surface area contributed by atoms with Crippen molar-refractivity contribution in [2.24, 2.45) is 0 Å². The SMILES string of the molecule is COc1nc(C(C)(C)C)c2nnsc2c1C(C)(C)C. The molecule has 0 amide bonds. The van der Waals surface area contributed by atoms with Gasteiger partial charge in [0, 0.05) is 11.0 Å². The quantitative estimate of drug-likeness (QED) is 0.798. The number of fused-ring (bicyclic) bond motifs is 1. The zero-order valence-corrected chi connectivity index (χ0v) is 13.5. The third-order valence-corrected chi connectivity index (χ3v) is 3.76. The summed E-state index contributed by atoms with van der Waals surface area (Å²) in [6, 6.07) is 0. The summed E-state index contributed by atoms with van der Waals surface area (Å²) < 4.78 is 10.7. The van der Waals surface area contributed by atoms with Crippen LogP contribution in [0.4, 0.5) is 0 Å². The van der Waals surface area contributed by atoms with Crippen LogP contribution >= 0.6 is 11.5 Å². The predicted octanol–water partition coefficient (Wildman–Crippen LogP) is 3.69. The molecule has 0 saturated heterocycles. The Kier molecular flexibility index (Phi) is 3.29. The molecule has 0 spiro atoms. The van der Waals surface area contributed by atoms with E-state index in [4.69, 9.17) is 9.72 Å². The lowest BCUT2D eigenvalue weighted by Gasteiger charge is -2.25. The molecule has 0 fully saturated rings. The number of hydrogen-bond donors (Lipinski definition) is 0. The fraction of sp³-hybridized carbons (Fsp3) is 0.643. The van der Waals surface area contributed by atoms with Gasteiger partial charge in [-0.1, -0.05) is 46.0 Å². The van der Waals surface area contributed by atoms with Crippen molar-refractivity contribution in [2.45, 2.75) is 52.4 Å². The van der Waals surface area contributed by atoms with E-state index in [9.17, 15) is 0 Å². The van der Waals surface area contributed by atoms with Crippen molar-refractivity contribution in [3.05, 3.63) is 11.3 Å². The van der Waals surface area contributed by atoms with E-state index in [2.05, 4.69) is 51.1 Å². The second-order valence-electron chi connectivity index (χ2n) is 6.80. The molecule has 2 aromatic heterocycles. The van der Waals surface area contributed by atoms with Crippen molar-refractivity contribution < 1.29 is 4.74 Å². The standard InChI is InChI=1S/C14H21N3OS/c1-13(2,3)8-10-9(16-17-19-10)11(14(4,5)6)15-12(8)18-7/h1-7H3. The van der Waals surface area contributed by atoms with Crippen LogP contribution in [0.1, 0.15) is 52.8 Å². The highest BCUT2D eigenvalue weighted by Crippen LogP contribution is 2.40. The van der Waals surface area contributed by atoms with E-state index in [0.717, 1.165) is 21.5 Å². The lowest BCUT2D eigenvalue weighted by Crippen LogP contribution is -2.19. The maximum atomic E-state index is 5.53. The predicted molar refractivity (Wildman–Crippen MR) is 79.2 cm³/mol. The summed E-state index contributed by atoms with van der Waals surface area (Å²) in [5, 5.41) is 4.29. The van der Waals surface area contributed by atoms with E-state index < -0.39 is 0 Å². The summed E-state index contributed by atoms with van der Waals surface area (Å²) in [5.74, 6) is 0.691. The maximum absolute atomic E-state index is 5.53. The van der Waals surface area contributed by atoms with Crippen LogP contribution in [0.5, 0.6) is 5.88 Å². The molecule has 0 atom stereocenters. The minimum Gasteiger partial charge on any atom is -0.481 e. The lowest BCUT2D eigenvalue weighted by molar-refractivity contribution is 0.377. The molecule has 2 rings (SSSR count). The van der Waals surface area contributed by atoms with Crippen molar-refractivity contribution in [1.82, 2.24) is 14.6 Å². The molecule has 5 heteroatoms. The Morgan fingerprint density at radius 2 is 1.63 bits per heavy atom. The number of ether oxygens (including phenoxy) is 1. The van der Waals surface area contributed by atoms with Gasteiger partial charge in [0.25, 0.3) is 0 Å². The Labute approximate surface area is 118 Å². The first-order valence-electron chi connectivity index (χ1n) is 6.37. The zero-order chi connectivity index (χ0) is 14.4. The fourth-order valence-corrected chi connectivity index (χ4v) is 3.06. The first kappa shape index (κ1) is 14.2. The average molecular weight is 279 g/mol. The van der Waals surface area contributed by atoms with Crippen LogP contribution in [0.2, 0.25) is 0 Å². The van der Waals surface area contributed by atoms with Crippen molar-refractivity contribution in [1.29, 1.82) is 0 Å². The summed E-state index contributed by atoms with van der Waals surface area (Å²) in [7, 11) is 1.67. The topological polar surface area (TPSA) is 47.9 Å². The van der Waals surface area contributed by atoms with Gasteiger partial charge in [-0.2, -0.15) is 0 Å². The van der Waals surface area contributed by atoms with Gasteiger partial charge in [0.15, 0.2) is 0 Å². The molecule has 19 heavy (non-hydrogen) atoms. The highest BCUT2D eigenvalue weighted by Gasteiger charge is 2.30. The summed E-state index contributed by atoms with van der Waals surface area (Å²) in [6.07, 6.45) is 0. The number of rotatable bonds is 1. The highest BCUT2D eigenvalue weighted by atomic mass is 32.1. The van der Waals surface area contributed by atoms with Crippen molar-refractivity contribution in [2.75, 3.05) is 7.11 Å². The zero-order valence-electron chi connectivity index (χ0n) is 12.7. The monoisotopic (exact) mass is 279 g/mol. The lowest BCUT2D eigenvalue weighted by atomic mass is 9.85. The first-order chi connectivity index (χ1) is 8.66. The Morgan fingerprint density at radius 3 is 2.11 bits per heavy atom. The van der Waals surface area contributed by atoms with Gasteiger partial charge in [-0.3, -0.25) is 0 Å². The second kappa shape index (κ2) is 4.40. The fourth-order valence-electron chi connectivity index (χ4n) is 2.15. The van der Waals surface area contributed by atoms with Crippen LogP contribution in [0, 0.1) is 0 Å². The number of methoxy groups -OCH3 is 1. The van der Waals surface area contributed by atoms with Gasteiger partial charge in [-0.05, 0) is 16.9 Å². The van der Waals surface area contributed by atoms with Crippen LogP contribution in [0.3, 0.4) is 0 Å². The molecule has 0 unspecified atom stereocenters. The summed E-state index contributed by atoms with van der Waals surface area (Å²) in [5.41, 5.74) is 2.80. The molecule has 0 radical (unpaired) electrons.